The van der Waals surface area contributed by atoms with Crippen LogP contribution in [0.4, 0.5) is 5.69 Å². The summed E-state index contributed by atoms with van der Waals surface area (Å²) in [6.07, 6.45) is 3.83. The minimum absolute atomic E-state index is 0.0705. The van der Waals surface area contributed by atoms with Crippen LogP contribution in [0.25, 0.3) is 0 Å². The van der Waals surface area contributed by atoms with Crippen molar-refractivity contribution >= 4 is 17.5 Å². The number of anilines is 1. The van der Waals surface area contributed by atoms with Gasteiger partial charge in [-0.3, -0.25) is 9.59 Å². The summed E-state index contributed by atoms with van der Waals surface area (Å²) in [4.78, 5) is 27.0. The third-order valence-electron chi connectivity index (χ3n) is 3.62. The molecule has 4 nitrogen and oxygen atoms in total. The Morgan fingerprint density at radius 3 is 2.52 bits per heavy atom. The predicted molar refractivity (Wildman–Crippen MR) is 84.3 cm³/mol. The lowest BCUT2D eigenvalue weighted by Gasteiger charge is -2.32. The maximum absolute atomic E-state index is 12.9. The Balaban J connectivity index is 2.54. The molecule has 0 spiro atoms. The number of benzene rings is 1. The van der Waals surface area contributed by atoms with Gasteiger partial charge in [0.05, 0.1) is 11.3 Å². The molecule has 0 aromatic heterocycles. The molecule has 1 unspecified atom stereocenters. The normalized spacial score (nSPS) is 19.4. The highest BCUT2D eigenvalue weighted by Crippen LogP contribution is 2.29. The van der Waals surface area contributed by atoms with Crippen LogP contribution < -0.4 is 10.2 Å². The Morgan fingerprint density at radius 2 is 1.90 bits per heavy atom. The van der Waals surface area contributed by atoms with Gasteiger partial charge in [0.1, 0.15) is 6.04 Å². The standard InChI is InChI=1S/C17H22N2O2/c1-5-6-11-19-13-10-8-7-9-12(13)15(20)18-14(16(19)21)17(2,3)4/h5-10,14H,11H2,1-4H3,(H,18,20)/b6-5+. The van der Waals surface area contributed by atoms with Crippen molar-refractivity contribution in [3.8, 4) is 0 Å². The summed E-state index contributed by atoms with van der Waals surface area (Å²) >= 11 is 0. The number of hydrogen-bond donors (Lipinski definition) is 1. The van der Waals surface area contributed by atoms with Crippen LogP contribution in [-0.4, -0.2) is 24.4 Å². The molecule has 0 bridgehead atoms. The molecule has 2 rings (SSSR count). The van der Waals surface area contributed by atoms with Crippen LogP contribution in [0, 0.1) is 5.41 Å². The third-order valence-corrected chi connectivity index (χ3v) is 3.62. The second-order valence-electron chi connectivity index (χ2n) is 6.31. The van der Waals surface area contributed by atoms with E-state index in [2.05, 4.69) is 5.32 Å². The van der Waals surface area contributed by atoms with E-state index in [1.54, 1.807) is 11.0 Å². The van der Waals surface area contributed by atoms with Gasteiger partial charge in [-0.2, -0.15) is 0 Å². The minimum atomic E-state index is -0.539. The van der Waals surface area contributed by atoms with Crippen LogP contribution in [0.5, 0.6) is 0 Å². The van der Waals surface area contributed by atoms with E-state index in [4.69, 9.17) is 0 Å². The van der Waals surface area contributed by atoms with Crippen molar-refractivity contribution in [2.24, 2.45) is 5.41 Å². The van der Waals surface area contributed by atoms with Gasteiger partial charge >= 0.3 is 0 Å². The van der Waals surface area contributed by atoms with Gasteiger partial charge < -0.3 is 10.2 Å². The highest BCUT2D eigenvalue weighted by atomic mass is 16.2. The van der Waals surface area contributed by atoms with Gasteiger partial charge in [0, 0.05) is 6.54 Å². The number of nitrogens with zero attached hydrogens (tertiary/aromatic N) is 1. The molecule has 1 heterocycles. The van der Waals surface area contributed by atoms with Crippen LogP contribution >= 0.6 is 0 Å². The molecular formula is C17H22N2O2. The molecule has 1 aliphatic rings. The maximum Gasteiger partial charge on any atom is 0.254 e. The Bertz CT molecular complexity index is 585. The number of amides is 2. The predicted octanol–water partition coefficient (Wildman–Crippen LogP) is 2.75. The van der Waals surface area contributed by atoms with Crippen LogP contribution in [0.1, 0.15) is 38.1 Å². The lowest BCUT2D eigenvalue weighted by atomic mass is 9.86. The Hall–Kier alpha value is -2.10. The maximum atomic E-state index is 12.9. The van der Waals surface area contributed by atoms with Crippen molar-refractivity contribution in [1.82, 2.24) is 5.32 Å². The Morgan fingerprint density at radius 1 is 1.24 bits per heavy atom. The highest BCUT2D eigenvalue weighted by molar-refractivity contribution is 6.11. The molecule has 112 valence electrons. The molecular weight excluding hydrogens is 264 g/mol. The number of fused-ring (bicyclic) bond motifs is 1. The van der Waals surface area contributed by atoms with Crippen LogP contribution in [-0.2, 0) is 4.79 Å². The minimum Gasteiger partial charge on any atom is -0.340 e. The molecule has 0 saturated heterocycles. The average molecular weight is 286 g/mol. The second-order valence-corrected chi connectivity index (χ2v) is 6.31. The van der Waals surface area contributed by atoms with Gasteiger partial charge in [-0.05, 0) is 24.5 Å². The molecule has 0 fully saturated rings. The molecule has 1 aromatic carbocycles. The molecule has 21 heavy (non-hydrogen) atoms. The summed E-state index contributed by atoms with van der Waals surface area (Å²) in [6, 6.07) is 6.70. The number of hydrogen-bond acceptors (Lipinski definition) is 2. The fraction of sp³-hybridized carbons (Fsp3) is 0.412. The van der Waals surface area contributed by atoms with E-state index in [-0.39, 0.29) is 17.2 Å². The van der Waals surface area contributed by atoms with Gasteiger partial charge in [0.15, 0.2) is 0 Å². The largest absolute Gasteiger partial charge is 0.340 e. The van der Waals surface area contributed by atoms with Gasteiger partial charge in [-0.1, -0.05) is 45.1 Å². The first-order valence-electron chi connectivity index (χ1n) is 7.18. The SMILES string of the molecule is C/C=C/CN1C(=O)C(C(C)(C)C)NC(=O)c2ccccc21. The molecule has 0 saturated carbocycles. The third kappa shape index (κ3) is 2.99. The van der Waals surface area contributed by atoms with E-state index < -0.39 is 6.04 Å². The van der Waals surface area contributed by atoms with E-state index in [0.717, 1.165) is 0 Å². The van der Waals surface area contributed by atoms with Crippen molar-refractivity contribution in [3.63, 3.8) is 0 Å². The number of rotatable bonds is 2. The van der Waals surface area contributed by atoms with Crippen molar-refractivity contribution in [1.29, 1.82) is 0 Å². The fourth-order valence-corrected chi connectivity index (χ4v) is 2.43. The van der Waals surface area contributed by atoms with Crippen LogP contribution in [0.3, 0.4) is 0 Å². The number of allylic oxidation sites excluding steroid dienone is 1. The van der Waals surface area contributed by atoms with E-state index in [1.165, 1.54) is 0 Å². The monoisotopic (exact) mass is 286 g/mol. The van der Waals surface area contributed by atoms with Crippen molar-refractivity contribution < 1.29 is 9.59 Å². The van der Waals surface area contributed by atoms with Crippen molar-refractivity contribution in [2.75, 3.05) is 11.4 Å². The zero-order valence-electron chi connectivity index (χ0n) is 13.0. The van der Waals surface area contributed by atoms with Crippen LogP contribution in [0.2, 0.25) is 0 Å². The van der Waals surface area contributed by atoms with E-state index in [9.17, 15) is 9.59 Å². The summed E-state index contributed by atoms with van der Waals surface area (Å²) in [6.45, 7) is 8.26. The quantitative estimate of drug-likeness (QED) is 0.850. The summed E-state index contributed by atoms with van der Waals surface area (Å²) in [5, 5.41) is 2.88. The summed E-state index contributed by atoms with van der Waals surface area (Å²) < 4.78 is 0. The fourth-order valence-electron chi connectivity index (χ4n) is 2.43. The topological polar surface area (TPSA) is 49.4 Å². The number of carbonyl (C=O) groups is 2. The summed E-state index contributed by atoms with van der Waals surface area (Å²) in [7, 11) is 0. The van der Waals surface area contributed by atoms with Crippen molar-refractivity contribution in [2.45, 2.75) is 33.7 Å². The first-order chi connectivity index (χ1) is 9.86. The molecule has 0 aliphatic carbocycles. The molecule has 2 amide bonds. The lowest BCUT2D eigenvalue weighted by molar-refractivity contribution is -0.122. The smallest absolute Gasteiger partial charge is 0.254 e. The van der Waals surface area contributed by atoms with Gasteiger partial charge in [0.25, 0.3) is 5.91 Å². The average Bonchev–Trinajstić information content (AvgIpc) is 2.53. The first kappa shape index (κ1) is 15.3. The Labute approximate surface area is 125 Å². The van der Waals surface area contributed by atoms with Crippen molar-refractivity contribution in [3.05, 3.63) is 42.0 Å². The van der Waals surface area contributed by atoms with Gasteiger partial charge in [0.2, 0.25) is 5.91 Å². The highest BCUT2D eigenvalue weighted by Gasteiger charge is 2.39. The number of carbonyl (C=O) groups excluding carboxylic acids is 2. The molecule has 4 heteroatoms. The van der Waals surface area contributed by atoms with Gasteiger partial charge in [-0.25, -0.2) is 0 Å². The van der Waals surface area contributed by atoms with E-state index in [1.807, 2.05) is 58.0 Å². The number of para-hydroxylation sites is 1. The van der Waals surface area contributed by atoms with Crippen LogP contribution in [0.15, 0.2) is 36.4 Å². The summed E-state index contributed by atoms with van der Waals surface area (Å²) in [5.74, 6) is -0.263. The molecule has 0 radical (unpaired) electrons. The van der Waals surface area contributed by atoms with E-state index in [0.29, 0.717) is 17.8 Å². The molecule has 1 aromatic rings. The zero-order chi connectivity index (χ0) is 15.6. The van der Waals surface area contributed by atoms with Gasteiger partial charge in [-0.15, -0.1) is 0 Å². The van der Waals surface area contributed by atoms with E-state index >= 15 is 0 Å². The zero-order valence-corrected chi connectivity index (χ0v) is 13.0. The first-order valence-corrected chi connectivity index (χ1v) is 7.18. The lowest BCUT2D eigenvalue weighted by Crippen LogP contribution is -2.52. The number of nitrogens with one attached hydrogen (secondary N) is 1. The molecule has 1 N–H and O–H groups in total. The Kier molecular flexibility index (Phi) is 4.16. The second kappa shape index (κ2) is 5.72. The molecule has 1 atom stereocenters. The molecule has 1 aliphatic heterocycles. The summed E-state index contributed by atoms with van der Waals surface area (Å²) in [5.41, 5.74) is 0.870.